The molecule has 0 radical (unpaired) electrons. The van der Waals surface area contributed by atoms with Crippen molar-refractivity contribution < 1.29 is 9.90 Å². The highest BCUT2D eigenvalue weighted by Gasteiger charge is 2.29. The van der Waals surface area contributed by atoms with E-state index in [1.807, 2.05) is 0 Å². The fraction of sp³-hybridized carbons (Fsp3) is 0.875. The van der Waals surface area contributed by atoms with Gasteiger partial charge in [-0.25, -0.2) is 0 Å². The molecule has 2 unspecified atom stereocenters. The zero-order valence-corrected chi connectivity index (χ0v) is 9.10. The highest BCUT2D eigenvalue weighted by molar-refractivity contribution is 9.09. The summed E-state index contributed by atoms with van der Waals surface area (Å²) in [5.74, 6) is -0.942. The van der Waals surface area contributed by atoms with Crippen LogP contribution in [0.15, 0.2) is 0 Å². The van der Waals surface area contributed by atoms with Crippen LogP contribution in [0.3, 0.4) is 0 Å². The van der Waals surface area contributed by atoms with Gasteiger partial charge in [0.25, 0.3) is 0 Å². The second kappa shape index (κ2) is 4.82. The lowest BCUT2D eigenvalue weighted by Gasteiger charge is -2.21. The van der Waals surface area contributed by atoms with Crippen LogP contribution in [-0.4, -0.2) is 21.4 Å². The summed E-state index contributed by atoms with van der Waals surface area (Å²) in [7, 11) is 0. The summed E-state index contributed by atoms with van der Waals surface area (Å²) in [6, 6.07) is 0. The molecule has 3 nitrogen and oxygen atoms in total. The first-order chi connectivity index (χ1) is 5.40. The largest absolute Gasteiger partial charge is 0.480 e. The van der Waals surface area contributed by atoms with Crippen LogP contribution < -0.4 is 5.73 Å². The third kappa shape index (κ3) is 4.07. The van der Waals surface area contributed by atoms with E-state index < -0.39 is 11.5 Å². The lowest BCUT2D eigenvalue weighted by molar-refractivity contribution is -0.142. The van der Waals surface area contributed by atoms with Gasteiger partial charge in [-0.3, -0.25) is 4.79 Å². The molecule has 3 N–H and O–H groups in total. The van der Waals surface area contributed by atoms with Gasteiger partial charge in [-0.05, 0) is 19.8 Å². The van der Waals surface area contributed by atoms with Gasteiger partial charge in [0.1, 0.15) is 5.54 Å². The van der Waals surface area contributed by atoms with Crippen LogP contribution >= 0.6 is 15.9 Å². The molecule has 12 heavy (non-hydrogen) atoms. The second-order valence-corrected chi connectivity index (χ2v) is 4.61. The lowest BCUT2D eigenvalue weighted by Crippen LogP contribution is -2.46. The van der Waals surface area contributed by atoms with Gasteiger partial charge in [-0.15, -0.1) is 0 Å². The van der Waals surface area contributed by atoms with Gasteiger partial charge in [0.2, 0.25) is 0 Å². The van der Waals surface area contributed by atoms with Crippen LogP contribution in [0.2, 0.25) is 0 Å². The average Bonchev–Trinajstić information content (AvgIpc) is 1.85. The highest BCUT2D eigenvalue weighted by Crippen LogP contribution is 2.19. The molecule has 0 fully saturated rings. The number of carboxylic acid groups (broad SMARTS) is 1. The van der Waals surface area contributed by atoms with Gasteiger partial charge in [-0.1, -0.05) is 29.3 Å². The number of rotatable bonds is 5. The van der Waals surface area contributed by atoms with E-state index in [0.717, 1.165) is 12.8 Å². The Labute approximate surface area is 81.5 Å². The van der Waals surface area contributed by atoms with Gasteiger partial charge in [-0.2, -0.15) is 0 Å². The number of nitrogens with two attached hydrogens (primary N) is 1. The van der Waals surface area contributed by atoms with Gasteiger partial charge < -0.3 is 10.8 Å². The fourth-order valence-electron chi connectivity index (χ4n) is 0.963. The third-order valence-corrected chi connectivity index (χ3v) is 2.52. The number of alkyl halides is 1. The minimum atomic E-state index is -1.11. The topological polar surface area (TPSA) is 63.3 Å². The Morgan fingerprint density at radius 3 is 2.58 bits per heavy atom. The molecule has 0 aliphatic carbocycles. The molecule has 0 heterocycles. The first-order valence-electron chi connectivity index (χ1n) is 4.06. The van der Waals surface area contributed by atoms with Crippen LogP contribution in [0.4, 0.5) is 0 Å². The normalized spacial score (nSPS) is 18.3. The maximum absolute atomic E-state index is 10.6. The van der Waals surface area contributed by atoms with E-state index in [1.165, 1.54) is 0 Å². The fourth-order valence-corrected chi connectivity index (χ4v) is 2.09. The van der Waals surface area contributed by atoms with Crippen LogP contribution in [0.25, 0.3) is 0 Å². The van der Waals surface area contributed by atoms with Crippen molar-refractivity contribution >= 4 is 21.9 Å². The van der Waals surface area contributed by atoms with Gasteiger partial charge in [0.05, 0.1) is 0 Å². The van der Waals surface area contributed by atoms with E-state index in [2.05, 4.69) is 22.9 Å². The van der Waals surface area contributed by atoms with Gasteiger partial charge in [0, 0.05) is 4.83 Å². The van der Waals surface area contributed by atoms with Crippen molar-refractivity contribution in [1.82, 2.24) is 0 Å². The molecule has 0 aliphatic rings. The summed E-state index contributed by atoms with van der Waals surface area (Å²) < 4.78 is 0. The zero-order chi connectivity index (χ0) is 9.78. The van der Waals surface area contributed by atoms with E-state index in [9.17, 15) is 4.79 Å². The van der Waals surface area contributed by atoms with Crippen molar-refractivity contribution in [3.8, 4) is 0 Å². The molecule has 0 rings (SSSR count). The van der Waals surface area contributed by atoms with E-state index in [-0.39, 0.29) is 4.83 Å². The smallest absolute Gasteiger partial charge is 0.323 e. The second-order valence-electron chi connectivity index (χ2n) is 3.31. The van der Waals surface area contributed by atoms with Crippen LogP contribution in [-0.2, 0) is 4.79 Å². The molecule has 0 bridgehead atoms. The molecule has 72 valence electrons. The zero-order valence-electron chi connectivity index (χ0n) is 7.51. The molecule has 4 heteroatoms. The highest BCUT2D eigenvalue weighted by atomic mass is 79.9. The summed E-state index contributed by atoms with van der Waals surface area (Å²) in [5, 5.41) is 8.71. The van der Waals surface area contributed by atoms with Gasteiger partial charge in [0.15, 0.2) is 0 Å². The Morgan fingerprint density at radius 1 is 1.75 bits per heavy atom. The molecular formula is C8H16BrNO2. The third-order valence-electron chi connectivity index (χ3n) is 1.74. The summed E-state index contributed by atoms with van der Waals surface area (Å²) in [6.07, 6.45) is 2.46. The van der Waals surface area contributed by atoms with Crippen molar-refractivity contribution in [2.24, 2.45) is 5.73 Å². The Hall–Kier alpha value is -0.0900. The van der Waals surface area contributed by atoms with Crippen LogP contribution in [0.1, 0.15) is 33.1 Å². The van der Waals surface area contributed by atoms with E-state index in [0.29, 0.717) is 6.42 Å². The van der Waals surface area contributed by atoms with Crippen molar-refractivity contribution in [3.05, 3.63) is 0 Å². The number of hydrogen-bond donors (Lipinski definition) is 2. The first-order valence-corrected chi connectivity index (χ1v) is 4.98. The molecule has 0 aromatic rings. The van der Waals surface area contributed by atoms with Crippen molar-refractivity contribution in [2.75, 3.05) is 0 Å². The number of aliphatic carboxylic acids is 1. The minimum Gasteiger partial charge on any atom is -0.480 e. The Balaban J connectivity index is 3.96. The molecule has 0 aromatic carbocycles. The van der Waals surface area contributed by atoms with Gasteiger partial charge >= 0.3 is 5.97 Å². The molecular weight excluding hydrogens is 222 g/mol. The van der Waals surface area contributed by atoms with Crippen molar-refractivity contribution in [2.45, 2.75) is 43.5 Å². The number of carbonyl (C=O) groups is 1. The molecule has 2 atom stereocenters. The lowest BCUT2D eigenvalue weighted by atomic mass is 9.96. The standard InChI is InChI=1S/C8H16BrNO2/c1-3-4-6(9)5-8(2,10)7(11)12/h6H,3-5,10H2,1-2H3,(H,11,12). The monoisotopic (exact) mass is 237 g/mol. The molecule has 0 aliphatic heterocycles. The predicted molar refractivity (Wildman–Crippen MR) is 52.5 cm³/mol. The summed E-state index contributed by atoms with van der Waals surface area (Å²) in [4.78, 5) is 10.8. The predicted octanol–water partition coefficient (Wildman–Crippen LogP) is 1.74. The van der Waals surface area contributed by atoms with E-state index in [4.69, 9.17) is 10.8 Å². The van der Waals surface area contributed by atoms with E-state index in [1.54, 1.807) is 6.92 Å². The maximum atomic E-state index is 10.6. The summed E-state index contributed by atoms with van der Waals surface area (Å²) in [6.45, 7) is 3.60. The minimum absolute atomic E-state index is 0.202. The molecule has 0 aromatic heterocycles. The SMILES string of the molecule is CCCC(Br)CC(C)(N)C(=O)O. The summed E-state index contributed by atoms with van der Waals surface area (Å²) >= 11 is 3.40. The number of hydrogen-bond acceptors (Lipinski definition) is 2. The van der Waals surface area contributed by atoms with Crippen LogP contribution in [0.5, 0.6) is 0 Å². The van der Waals surface area contributed by atoms with E-state index >= 15 is 0 Å². The average molecular weight is 238 g/mol. The Kier molecular flexibility index (Phi) is 4.78. The number of carboxylic acids is 1. The molecule has 0 saturated heterocycles. The van der Waals surface area contributed by atoms with Crippen molar-refractivity contribution in [1.29, 1.82) is 0 Å². The summed E-state index contributed by atoms with van der Waals surface area (Å²) in [5.41, 5.74) is 4.45. The number of halogens is 1. The molecule has 0 amide bonds. The first kappa shape index (κ1) is 11.9. The maximum Gasteiger partial charge on any atom is 0.323 e. The Bertz CT molecular complexity index is 159. The molecule has 0 saturated carbocycles. The molecule has 0 spiro atoms. The quantitative estimate of drug-likeness (QED) is 0.717. The van der Waals surface area contributed by atoms with Crippen molar-refractivity contribution in [3.63, 3.8) is 0 Å². The van der Waals surface area contributed by atoms with Crippen LogP contribution in [0, 0.1) is 0 Å². The Morgan fingerprint density at radius 2 is 2.25 bits per heavy atom.